The van der Waals surface area contributed by atoms with Gasteiger partial charge in [0, 0.05) is 34.9 Å². The fourth-order valence-electron chi connectivity index (χ4n) is 3.88. The van der Waals surface area contributed by atoms with Gasteiger partial charge in [0.2, 0.25) is 5.91 Å². The van der Waals surface area contributed by atoms with Gasteiger partial charge >= 0.3 is 0 Å². The van der Waals surface area contributed by atoms with Crippen LogP contribution in [0.15, 0.2) is 0 Å². The number of carbonyl (C=O) groups is 3. The largest absolute Gasteiger partial charge is 0.356 e. The molecule has 200 valence electrons. The number of hydrogen-bond acceptors (Lipinski definition) is 5. The first-order valence-corrected chi connectivity index (χ1v) is 13.0. The Labute approximate surface area is 210 Å². The average molecular weight is 482 g/mol. The second kappa shape index (κ2) is 13.2. The van der Waals surface area contributed by atoms with Crippen LogP contribution in [0.5, 0.6) is 0 Å². The van der Waals surface area contributed by atoms with Gasteiger partial charge in [-0.1, -0.05) is 41.5 Å². The van der Waals surface area contributed by atoms with Crippen LogP contribution in [-0.2, 0) is 14.4 Å². The maximum Gasteiger partial charge on any atom is 0.219 e. The van der Waals surface area contributed by atoms with Crippen molar-refractivity contribution >= 4 is 17.5 Å². The summed E-state index contributed by atoms with van der Waals surface area (Å²) in [6, 6.07) is -0.427. The molecule has 0 heterocycles. The summed E-state index contributed by atoms with van der Waals surface area (Å²) < 4.78 is 0. The van der Waals surface area contributed by atoms with Crippen molar-refractivity contribution in [2.45, 2.75) is 145 Å². The predicted octanol–water partition coefficient (Wildman–Crippen LogP) is 5.19. The summed E-state index contributed by atoms with van der Waals surface area (Å²) in [5.41, 5.74) is -1.10. The van der Waals surface area contributed by atoms with Gasteiger partial charge < -0.3 is 16.0 Å². The Bertz CT molecular complexity index is 658. The van der Waals surface area contributed by atoms with Crippen molar-refractivity contribution in [3.63, 3.8) is 0 Å². The van der Waals surface area contributed by atoms with E-state index >= 15 is 0 Å². The molecule has 0 aromatic rings. The Kier molecular flexibility index (Phi) is 12.7. The molecule has 2 unspecified atom stereocenters. The van der Waals surface area contributed by atoms with Crippen molar-refractivity contribution in [3.8, 4) is 0 Å². The van der Waals surface area contributed by atoms with Crippen LogP contribution in [-0.4, -0.2) is 47.2 Å². The van der Waals surface area contributed by atoms with Gasteiger partial charge in [-0.2, -0.15) is 0 Å². The summed E-state index contributed by atoms with van der Waals surface area (Å²) in [5.74, 6) is 0.439. The molecule has 0 aromatic carbocycles. The summed E-state index contributed by atoms with van der Waals surface area (Å²) >= 11 is 0. The van der Waals surface area contributed by atoms with E-state index in [9.17, 15) is 14.4 Å². The second-order valence-electron chi connectivity index (χ2n) is 13.9. The minimum atomic E-state index is -0.417. The summed E-state index contributed by atoms with van der Waals surface area (Å²) in [6.07, 6.45) is 4.19. The molecule has 2 atom stereocenters. The molecule has 0 aromatic heterocycles. The van der Waals surface area contributed by atoms with Crippen molar-refractivity contribution in [1.82, 2.24) is 16.0 Å². The van der Waals surface area contributed by atoms with Crippen molar-refractivity contribution in [2.75, 3.05) is 6.54 Å². The molecule has 34 heavy (non-hydrogen) atoms. The maximum atomic E-state index is 12.8. The van der Waals surface area contributed by atoms with Gasteiger partial charge in [-0.25, -0.2) is 0 Å². The van der Waals surface area contributed by atoms with Crippen LogP contribution in [0.3, 0.4) is 0 Å². The van der Waals surface area contributed by atoms with Crippen LogP contribution >= 0.6 is 0 Å². The molecule has 0 aliphatic heterocycles. The number of hydrogen-bond donors (Lipinski definition) is 3. The van der Waals surface area contributed by atoms with Crippen molar-refractivity contribution < 1.29 is 14.4 Å². The Morgan fingerprint density at radius 3 is 1.32 bits per heavy atom. The van der Waals surface area contributed by atoms with Gasteiger partial charge in [-0.15, -0.1) is 0 Å². The molecule has 1 amide bonds. The van der Waals surface area contributed by atoms with Gasteiger partial charge in [-0.05, 0) is 73.6 Å². The number of Topliss-reactive ketones (excluding diaryl/α,β-unsaturated/α-hetero) is 2. The maximum absolute atomic E-state index is 12.8. The zero-order valence-corrected chi connectivity index (χ0v) is 24.3. The first kappa shape index (κ1) is 32.7. The van der Waals surface area contributed by atoms with E-state index < -0.39 is 5.41 Å². The zero-order valence-electron chi connectivity index (χ0n) is 24.3. The SMILES string of the molecule is CC(C)(C)NC(CCCCNC(=O)CCCC(NC(C)(C)C)C(=O)C(C)(C)C)C(=O)C(C)(C)C. The average Bonchev–Trinajstić information content (AvgIpc) is 2.61. The van der Waals surface area contributed by atoms with E-state index in [1.54, 1.807) is 0 Å². The van der Waals surface area contributed by atoms with Gasteiger partial charge in [0.25, 0.3) is 0 Å². The zero-order chi connectivity index (χ0) is 27.0. The lowest BCUT2D eigenvalue weighted by Crippen LogP contribution is -2.50. The van der Waals surface area contributed by atoms with E-state index in [1.807, 2.05) is 41.5 Å². The highest BCUT2D eigenvalue weighted by atomic mass is 16.2. The Hall–Kier alpha value is -1.27. The molecule has 3 N–H and O–H groups in total. The molecule has 0 saturated heterocycles. The highest BCUT2D eigenvalue weighted by Gasteiger charge is 2.32. The molecule has 0 radical (unpaired) electrons. The molecular weight excluding hydrogens is 426 g/mol. The van der Waals surface area contributed by atoms with Crippen molar-refractivity contribution in [1.29, 1.82) is 0 Å². The van der Waals surface area contributed by atoms with E-state index in [0.29, 0.717) is 25.8 Å². The van der Waals surface area contributed by atoms with Gasteiger partial charge in [0.15, 0.2) is 11.6 Å². The molecule has 0 aliphatic rings. The molecule has 6 heteroatoms. The monoisotopic (exact) mass is 481 g/mol. The lowest BCUT2D eigenvalue weighted by Gasteiger charge is -2.32. The van der Waals surface area contributed by atoms with Gasteiger partial charge in [0.05, 0.1) is 12.1 Å². The number of carbonyl (C=O) groups excluding carboxylic acids is 3. The van der Waals surface area contributed by atoms with Crippen LogP contribution in [0.25, 0.3) is 0 Å². The van der Waals surface area contributed by atoms with Crippen LogP contribution in [0, 0.1) is 10.8 Å². The quantitative estimate of drug-likeness (QED) is 0.315. The summed E-state index contributed by atoms with van der Waals surface area (Å²) in [5, 5.41) is 9.89. The third-order valence-corrected chi connectivity index (χ3v) is 5.46. The van der Waals surface area contributed by atoms with Crippen LogP contribution < -0.4 is 16.0 Å². The standard InChI is InChI=1S/C28H55N3O3/c1-25(2,3)23(33)20(30-27(7,8)9)16-13-14-19-29-22(32)18-15-17-21(31-28(10,11)12)24(34)26(4,5)6/h20-21,30-31H,13-19H2,1-12H3,(H,29,32). The first-order chi connectivity index (χ1) is 15.1. The number of ketones is 2. The van der Waals surface area contributed by atoms with E-state index in [1.165, 1.54) is 0 Å². The topological polar surface area (TPSA) is 87.3 Å². The summed E-state index contributed by atoms with van der Waals surface area (Å²) in [7, 11) is 0. The van der Waals surface area contributed by atoms with Crippen molar-refractivity contribution in [2.24, 2.45) is 10.8 Å². The van der Waals surface area contributed by atoms with E-state index in [2.05, 4.69) is 57.5 Å². The molecule has 0 rings (SSSR count). The second-order valence-corrected chi connectivity index (χ2v) is 13.9. The number of unbranched alkanes of at least 4 members (excludes halogenated alkanes) is 1. The third-order valence-electron chi connectivity index (χ3n) is 5.46. The van der Waals surface area contributed by atoms with Crippen molar-refractivity contribution in [3.05, 3.63) is 0 Å². The summed E-state index contributed by atoms with van der Waals surface area (Å²) in [6.45, 7) is 24.7. The third kappa shape index (κ3) is 14.9. The molecule has 0 bridgehead atoms. The van der Waals surface area contributed by atoms with Crippen LogP contribution in [0.1, 0.15) is 122 Å². The lowest BCUT2D eigenvalue weighted by atomic mass is 9.84. The number of amides is 1. The number of rotatable bonds is 13. The molecule has 0 saturated carbocycles. The molecule has 6 nitrogen and oxygen atoms in total. The normalized spacial score (nSPS) is 15.1. The Balaban J connectivity index is 4.52. The fourth-order valence-corrected chi connectivity index (χ4v) is 3.88. The smallest absolute Gasteiger partial charge is 0.219 e. The molecule has 0 spiro atoms. The Morgan fingerprint density at radius 2 is 0.971 bits per heavy atom. The fraction of sp³-hybridized carbons (Fsp3) is 0.893. The lowest BCUT2D eigenvalue weighted by molar-refractivity contribution is -0.129. The molecule has 0 fully saturated rings. The minimum Gasteiger partial charge on any atom is -0.356 e. The van der Waals surface area contributed by atoms with Gasteiger partial charge in [-0.3, -0.25) is 14.4 Å². The first-order valence-electron chi connectivity index (χ1n) is 13.0. The van der Waals surface area contributed by atoms with Crippen LogP contribution in [0.2, 0.25) is 0 Å². The number of nitrogens with one attached hydrogen (secondary N) is 3. The Morgan fingerprint density at radius 1 is 0.588 bits per heavy atom. The van der Waals surface area contributed by atoms with E-state index in [-0.39, 0.29) is 46.1 Å². The van der Waals surface area contributed by atoms with Gasteiger partial charge in [0.1, 0.15) is 0 Å². The highest BCUT2D eigenvalue weighted by Crippen LogP contribution is 2.22. The van der Waals surface area contributed by atoms with E-state index in [4.69, 9.17) is 0 Å². The van der Waals surface area contributed by atoms with Crippen LogP contribution in [0.4, 0.5) is 0 Å². The highest BCUT2D eigenvalue weighted by molar-refractivity contribution is 5.89. The van der Waals surface area contributed by atoms with E-state index in [0.717, 1.165) is 19.3 Å². The minimum absolute atomic E-state index is 0.0212. The predicted molar refractivity (Wildman–Crippen MR) is 143 cm³/mol. The molecule has 0 aliphatic carbocycles. The molecular formula is C28H55N3O3. The summed E-state index contributed by atoms with van der Waals surface area (Å²) in [4.78, 5) is 38.0.